The van der Waals surface area contributed by atoms with Crippen LogP contribution in [-0.2, 0) is 10.0 Å². The third-order valence-corrected chi connectivity index (χ3v) is 6.35. The molecule has 1 aliphatic carbocycles. The lowest BCUT2D eigenvalue weighted by Crippen LogP contribution is -2.25. The van der Waals surface area contributed by atoms with Crippen molar-refractivity contribution in [2.24, 2.45) is 0 Å². The second-order valence-electron chi connectivity index (χ2n) is 6.94. The van der Waals surface area contributed by atoms with Gasteiger partial charge in [-0.05, 0) is 62.4 Å². The number of benzene rings is 2. The summed E-state index contributed by atoms with van der Waals surface area (Å²) < 4.78 is 33.3. The number of carbonyl (C=O) groups is 1. The molecule has 0 saturated carbocycles. The van der Waals surface area contributed by atoms with Gasteiger partial charge in [0.1, 0.15) is 5.75 Å². The fourth-order valence-electron chi connectivity index (χ4n) is 3.30. The molecule has 0 atom stereocenters. The van der Waals surface area contributed by atoms with Crippen molar-refractivity contribution in [3.63, 3.8) is 0 Å². The summed E-state index contributed by atoms with van der Waals surface area (Å²) in [6, 6.07) is 13.1. The lowest BCUT2D eigenvalue weighted by Gasteiger charge is -2.14. The van der Waals surface area contributed by atoms with E-state index in [9.17, 15) is 13.2 Å². The molecular formula is C22H26N2O4S. The minimum absolute atomic E-state index is 0.0827. The first-order chi connectivity index (χ1) is 14.0. The molecule has 0 spiro atoms. The van der Waals surface area contributed by atoms with Crippen molar-refractivity contribution in [2.75, 3.05) is 19.0 Å². The molecule has 2 aromatic carbocycles. The minimum atomic E-state index is -3.69. The molecule has 29 heavy (non-hydrogen) atoms. The van der Waals surface area contributed by atoms with E-state index >= 15 is 0 Å². The van der Waals surface area contributed by atoms with E-state index in [1.165, 1.54) is 37.7 Å². The first-order valence-corrected chi connectivity index (χ1v) is 11.2. The monoisotopic (exact) mass is 414 g/mol. The quantitative estimate of drug-likeness (QED) is 0.637. The highest BCUT2D eigenvalue weighted by atomic mass is 32.2. The second kappa shape index (κ2) is 9.71. The Hall–Kier alpha value is -2.64. The van der Waals surface area contributed by atoms with Crippen LogP contribution in [0, 0.1) is 0 Å². The van der Waals surface area contributed by atoms with Crippen molar-refractivity contribution in [1.29, 1.82) is 0 Å². The van der Waals surface area contributed by atoms with Crippen LogP contribution in [0.4, 0.5) is 5.69 Å². The number of sulfonamides is 1. The number of methoxy groups -OCH3 is 1. The van der Waals surface area contributed by atoms with Crippen molar-refractivity contribution < 1.29 is 17.9 Å². The Bertz CT molecular complexity index is 985. The normalized spacial score (nSPS) is 14.2. The molecule has 7 heteroatoms. The maximum absolute atomic E-state index is 12.7. The number of ether oxygens (including phenoxy) is 1. The van der Waals surface area contributed by atoms with Crippen molar-refractivity contribution in [3.05, 3.63) is 65.7 Å². The Kier molecular flexibility index (Phi) is 7.06. The third kappa shape index (κ3) is 5.68. The molecule has 0 radical (unpaired) electrons. The molecule has 0 bridgehead atoms. The van der Waals surface area contributed by atoms with E-state index in [1.54, 1.807) is 30.3 Å². The summed E-state index contributed by atoms with van der Waals surface area (Å²) >= 11 is 0. The highest BCUT2D eigenvalue weighted by Gasteiger charge is 2.18. The lowest BCUT2D eigenvalue weighted by atomic mass is 9.97. The van der Waals surface area contributed by atoms with E-state index in [0.717, 1.165) is 12.8 Å². The zero-order valence-corrected chi connectivity index (χ0v) is 17.3. The van der Waals surface area contributed by atoms with Gasteiger partial charge in [0.05, 0.1) is 17.7 Å². The van der Waals surface area contributed by atoms with E-state index in [2.05, 4.69) is 16.1 Å². The standard InChI is InChI=1S/C22H26N2O4S/c1-28-21-13-12-19(16-20(21)24-22(25)18-10-6-3-7-11-18)29(26,27)23-15-14-17-8-4-2-5-9-17/h3,6-8,10-13,16,23H,2,4-5,9,14-15H2,1H3,(H,24,25). The number of carbonyl (C=O) groups excluding carboxylic acids is 1. The predicted molar refractivity (Wildman–Crippen MR) is 114 cm³/mol. The van der Waals surface area contributed by atoms with Gasteiger partial charge in [-0.2, -0.15) is 0 Å². The summed E-state index contributed by atoms with van der Waals surface area (Å²) in [6.07, 6.45) is 7.42. The van der Waals surface area contributed by atoms with Crippen LogP contribution in [0.1, 0.15) is 42.5 Å². The zero-order chi connectivity index (χ0) is 20.7. The van der Waals surface area contributed by atoms with Gasteiger partial charge in [-0.15, -0.1) is 0 Å². The van der Waals surface area contributed by atoms with Gasteiger partial charge in [-0.1, -0.05) is 29.8 Å². The highest BCUT2D eigenvalue weighted by molar-refractivity contribution is 7.89. The van der Waals surface area contributed by atoms with Gasteiger partial charge in [-0.25, -0.2) is 13.1 Å². The molecule has 0 fully saturated rings. The molecule has 0 saturated heterocycles. The lowest BCUT2D eigenvalue weighted by molar-refractivity contribution is 0.102. The number of anilines is 1. The molecule has 154 valence electrons. The van der Waals surface area contributed by atoms with E-state index in [0.29, 0.717) is 30.0 Å². The van der Waals surface area contributed by atoms with Gasteiger partial charge in [0.25, 0.3) is 5.91 Å². The van der Waals surface area contributed by atoms with Crippen LogP contribution in [-0.4, -0.2) is 28.0 Å². The van der Waals surface area contributed by atoms with Gasteiger partial charge < -0.3 is 10.1 Å². The highest BCUT2D eigenvalue weighted by Crippen LogP contribution is 2.28. The molecule has 2 N–H and O–H groups in total. The SMILES string of the molecule is COc1ccc(S(=O)(=O)NCCC2=CCCCC2)cc1NC(=O)c1ccccc1. The molecule has 0 aliphatic heterocycles. The van der Waals surface area contributed by atoms with Gasteiger partial charge in [0, 0.05) is 12.1 Å². The van der Waals surface area contributed by atoms with E-state index in [1.807, 2.05) is 6.07 Å². The first kappa shape index (κ1) is 21.1. The number of rotatable bonds is 8. The molecule has 0 unspecified atom stereocenters. The molecule has 1 amide bonds. The number of amides is 1. The fourth-order valence-corrected chi connectivity index (χ4v) is 4.35. The Labute approximate surface area is 172 Å². The largest absolute Gasteiger partial charge is 0.495 e. The fraction of sp³-hybridized carbons (Fsp3) is 0.318. The topological polar surface area (TPSA) is 84.5 Å². The summed E-state index contributed by atoms with van der Waals surface area (Å²) in [4.78, 5) is 12.5. The van der Waals surface area contributed by atoms with Crippen molar-refractivity contribution >= 4 is 21.6 Å². The smallest absolute Gasteiger partial charge is 0.255 e. The van der Waals surface area contributed by atoms with Gasteiger partial charge >= 0.3 is 0 Å². The van der Waals surface area contributed by atoms with Gasteiger partial charge in [0.15, 0.2) is 0 Å². The Morgan fingerprint density at radius 3 is 2.59 bits per heavy atom. The third-order valence-electron chi connectivity index (χ3n) is 4.89. The molecule has 1 aliphatic rings. The maximum atomic E-state index is 12.7. The molecule has 0 heterocycles. The predicted octanol–water partition coefficient (Wildman–Crippen LogP) is 4.12. The van der Waals surface area contributed by atoms with Crippen molar-refractivity contribution in [1.82, 2.24) is 4.72 Å². The molecule has 6 nitrogen and oxygen atoms in total. The van der Waals surface area contributed by atoms with E-state index in [-0.39, 0.29) is 10.8 Å². The average molecular weight is 415 g/mol. The van der Waals surface area contributed by atoms with E-state index in [4.69, 9.17) is 4.74 Å². The van der Waals surface area contributed by atoms with Crippen LogP contribution in [0.5, 0.6) is 5.75 Å². The van der Waals surface area contributed by atoms with Gasteiger partial charge in [0.2, 0.25) is 10.0 Å². The Balaban J connectivity index is 1.72. The molecule has 2 aromatic rings. The van der Waals surface area contributed by atoms with Crippen molar-refractivity contribution in [3.8, 4) is 5.75 Å². The van der Waals surface area contributed by atoms with Crippen LogP contribution in [0.15, 0.2) is 65.1 Å². The maximum Gasteiger partial charge on any atom is 0.255 e. The van der Waals surface area contributed by atoms with E-state index < -0.39 is 10.0 Å². The summed E-state index contributed by atoms with van der Waals surface area (Å²) in [7, 11) is -2.22. The molecular weight excluding hydrogens is 388 g/mol. The number of hydrogen-bond acceptors (Lipinski definition) is 4. The van der Waals surface area contributed by atoms with Crippen molar-refractivity contribution in [2.45, 2.75) is 37.0 Å². The number of nitrogens with one attached hydrogen (secondary N) is 2. The average Bonchev–Trinajstić information content (AvgIpc) is 2.75. The summed E-state index contributed by atoms with van der Waals surface area (Å²) in [5, 5.41) is 2.73. The van der Waals surface area contributed by atoms with Crippen LogP contribution in [0.2, 0.25) is 0 Å². The molecule has 3 rings (SSSR count). The van der Waals surface area contributed by atoms with Gasteiger partial charge in [-0.3, -0.25) is 4.79 Å². The Morgan fingerprint density at radius 1 is 1.10 bits per heavy atom. The number of hydrogen-bond donors (Lipinski definition) is 2. The Morgan fingerprint density at radius 2 is 1.90 bits per heavy atom. The zero-order valence-electron chi connectivity index (χ0n) is 16.5. The summed E-state index contributed by atoms with van der Waals surface area (Å²) in [5.74, 6) is 0.0521. The summed E-state index contributed by atoms with van der Waals surface area (Å²) in [5.41, 5.74) is 2.09. The summed E-state index contributed by atoms with van der Waals surface area (Å²) in [6.45, 7) is 0.353. The van der Waals surface area contributed by atoms with Crippen LogP contribution in [0.25, 0.3) is 0 Å². The first-order valence-electron chi connectivity index (χ1n) is 9.71. The van der Waals surface area contributed by atoms with Crippen LogP contribution < -0.4 is 14.8 Å². The van der Waals surface area contributed by atoms with Crippen LogP contribution in [0.3, 0.4) is 0 Å². The minimum Gasteiger partial charge on any atom is -0.495 e. The molecule has 0 aromatic heterocycles. The number of allylic oxidation sites excluding steroid dienone is 1. The second-order valence-corrected chi connectivity index (χ2v) is 8.71. The van der Waals surface area contributed by atoms with Crippen LogP contribution >= 0.6 is 0 Å².